The molecule has 0 aromatic heterocycles. The molecule has 148 valence electrons. The van der Waals surface area contributed by atoms with Crippen molar-refractivity contribution in [3.63, 3.8) is 0 Å². The molecule has 2 aromatic carbocycles. The number of ether oxygens (including phenoxy) is 4. The van der Waals surface area contributed by atoms with E-state index in [1.165, 1.54) is 7.11 Å². The fraction of sp³-hybridized carbons (Fsp3) is 0.500. The highest BCUT2D eigenvalue weighted by Gasteiger charge is 2.29. The highest BCUT2D eigenvalue weighted by Crippen LogP contribution is 2.51. The van der Waals surface area contributed by atoms with Crippen LogP contribution in [0.25, 0.3) is 10.8 Å². The second-order valence-corrected chi connectivity index (χ2v) is 7.62. The van der Waals surface area contributed by atoms with Crippen molar-refractivity contribution >= 4 is 16.7 Å². The van der Waals surface area contributed by atoms with Crippen LogP contribution in [0.4, 0.5) is 0 Å². The van der Waals surface area contributed by atoms with Gasteiger partial charge >= 0.3 is 5.97 Å². The molecule has 0 aliphatic heterocycles. The van der Waals surface area contributed by atoms with E-state index in [-0.39, 0.29) is 5.97 Å². The van der Waals surface area contributed by atoms with Gasteiger partial charge in [0.05, 0.1) is 26.2 Å². The molecule has 0 atom stereocenters. The molecule has 0 aliphatic rings. The molecule has 0 saturated carbocycles. The zero-order valence-electron chi connectivity index (χ0n) is 17.4. The fourth-order valence-corrected chi connectivity index (χ4v) is 2.67. The Bertz CT molecular complexity index is 818. The van der Waals surface area contributed by atoms with Crippen molar-refractivity contribution in [1.29, 1.82) is 0 Å². The summed E-state index contributed by atoms with van der Waals surface area (Å²) in [6, 6.07) is 5.92. The zero-order valence-corrected chi connectivity index (χ0v) is 17.4. The number of rotatable bonds is 7. The molecule has 2 rings (SSSR count). The Morgan fingerprint density at radius 3 is 2.15 bits per heavy atom. The number of methoxy groups -OCH3 is 2. The van der Waals surface area contributed by atoms with Gasteiger partial charge in [-0.25, -0.2) is 0 Å². The molecular formula is C22H30O5. The lowest BCUT2D eigenvalue weighted by Crippen LogP contribution is -2.26. The molecule has 5 heteroatoms. The molecule has 0 aliphatic carbocycles. The maximum atomic E-state index is 12.6. The first-order valence-corrected chi connectivity index (χ1v) is 9.28. The van der Waals surface area contributed by atoms with Crippen molar-refractivity contribution in [2.45, 2.75) is 47.5 Å². The summed E-state index contributed by atoms with van der Waals surface area (Å²) in [6.45, 7) is 10.1. The van der Waals surface area contributed by atoms with Crippen LogP contribution in [-0.4, -0.2) is 26.8 Å². The van der Waals surface area contributed by atoms with Crippen LogP contribution in [0.2, 0.25) is 0 Å². The molecule has 0 saturated heterocycles. The van der Waals surface area contributed by atoms with E-state index in [1.807, 2.05) is 45.9 Å². The summed E-state index contributed by atoms with van der Waals surface area (Å²) in [5.74, 6) is 1.41. The van der Waals surface area contributed by atoms with Crippen LogP contribution in [-0.2, 0) is 4.79 Å². The number of benzene rings is 2. The molecule has 2 aromatic rings. The number of aryl methyl sites for hydroxylation is 1. The highest BCUT2D eigenvalue weighted by atomic mass is 16.6. The Balaban J connectivity index is 2.75. The van der Waals surface area contributed by atoms with Crippen molar-refractivity contribution in [2.24, 2.45) is 5.41 Å². The van der Waals surface area contributed by atoms with Gasteiger partial charge in [0.1, 0.15) is 0 Å². The first-order valence-electron chi connectivity index (χ1n) is 9.28. The second kappa shape index (κ2) is 8.51. The van der Waals surface area contributed by atoms with Crippen LogP contribution < -0.4 is 18.9 Å². The monoisotopic (exact) mass is 374 g/mol. The first kappa shape index (κ1) is 20.9. The summed E-state index contributed by atoms with van der Waals surface area (Å²) >= 11 is 0. The van der Waals surface area contributed by atoms with Gasteiger partial charge in [0.15, 0.2) is 11.5 Å². The van der Waals surface area contributed by atoms with Crippen molar-refractivity contribution < 1.29 is 23.7 Å². The minimum atomic E-state index is -0.648. The molecule has 27 heavy (non-hydrogen) atoms. The second-order valence-electron chi connectivity index (χ2n) is 7.62. The summed E-state index contributed by atoms with van der Waals surface area (Å²) < 4.78 is 23.0. The van der Waals surface area contributed by atoms with E-state index in [0.29, 0.717) is 29.6 Å². The Morgan fingerprint density at radius 1 is 0.963 bits per heavy atom. The predicted octanol–water partition coefficient (Wildman–Crippen LogP) is 5.30. The average molecular weight is 374 g/mol. The number of carbonyl (C=O) groups is 1. The number of esters is 1. The molecule has 0 radical (unpaired) electrons. The minimum absolute atomic E-state index is 0.342. The summed E-state index contributed by atoms with van der Waals surface area (Å²) in [6.07, 6.45) is 1.96. The van der Waals surface area contributed by atoms with E-state index in [2.05, 4.69) is 6.92 Å². The Hall–Kier alpha value is -2.43. The highest BCUT2D eigenvalue weighted by molar-refractivity contribution is 6.00. The Labute approximate surface area is 161 Å². The Morgan fingerprint density at radius 2 is 1.59 bits per heavy atom. The van der Waals surface area contributed by atoms with Crippen molar-refractivity contribution in [1.82, 2.24) is 0 Å². The van der Waals surface area contributed by atoms with E-state index in [1.54, 1.807) is 7.11 Å². The largest absolute Gasteiger partial charge is 0.490 e. The van der Waals surface area contributed by atoms with Gasteiger partial charge in [-0.2, -0.15) is 0 Å². The van der Waals surface area contributed by atoms with E-state index < -0.39 is 5.41 Å². The predicted molar refractivity (Wildman–Crippen MR) is 107 cm³/mol. The van der Waals surface area contributed by atoms with Gasteiger partial charge in [-0.1, -0.05) is 31.0 Å². The lowest BCUT2D eigenvalue weighted by Gasteiger charge is -2.22. The summed E-state index contributed by atoms with van der Waals surface area (Å²) in [5.41, 5.74) is 0.396. The topological polar surface area (TPSA) is 54.0 Å². The minimum Gasteiger partial charge on any atom is -0.490 e. The molecule has 0 fully saturated rings. The summed E-state index contributed by atoms with van der Waals surface area (Å²) in [4.78, 5) is 12.6. The lowest BCUT2D eigenvalue weighted by molar-refractivity contribution is -0.143. The normalized spacial score (nSPS) is 11.4. The van der Waals surface area contributed by atoms with Gasteiger partial charge in [-0.3, -0.25) is 4.79 Å². The molecular weight excluding hydrogens is 344 g/mol. The van der Waals surface area contributed by atoms with Gasteiger partial charge in [0, 0.05) is 10.8 Å². The van der Waals surface area contributed by atoms with Crippen LogP contribution in [0.15, 0.2) is 18.2 Å². The fourth-order valence-electron chi connectivity index (χ4n) is 2.67. The third kappa shape index (κ3) is 4.46. The lowest BCUT2D eigenvalue weighted by atomic mass is 9.97. The van der Waals surface area contributed by atoms with Gasteiger partial charge in [0.25, 0.3) is 0 Å². The number of hydrogen-bond acceptors (Lipinski definition) is 5. The third-order valence-electron chi connectivity index (χ3n) is 4.24. The maximum Gasteiger partial charge on any atom is 0.316 e. The molecule has 0 heterocycles. The van der Waals surface area contributed by atoms with Crippen LogP contribution in [0.3, 0.4) is 0 Å². The van der Waals surface area contributed by atoms with Crippen LogP contribution in [0.5, 0.6) is 23.0 Å². The molecule has 5 nitrogen and oxygen atoms in total. The van der Waals surface area contributed by atoms with Crippen LogP contribution in [0, 0.1) is 12.3 Å². The van der Waals surface area contributed by atoms with Gasteiger partial charge in [0.2, 0.25) is 11.5 Å². The van der Waals surface area contributed by atoms with E-state index in [9.17, 15) is 4.79 Å². The first-order chi connectivity index (χ1) is 12.7. The maximum absolute atomic E-state index is 12.6. The van der Waals surface area contributed by atoms with Crippen molar-refractivity contribution in [3.8, 4) is 23.0 Å². The molecule has 0 amide bonds. The molecule has 0 unspecified atom stereocenters. The SMILES string of the molecule is CCCCOc1c(OC)c(OC)c(OC(=O)C(C)(C)C)c2cc(C)ccc12. The number of carbonyl (C=O) groups excluding carboxylic acids is 1. The van der Waals surface area contributed by atoms with E-state index >= 15 is 0 Å². The van der Waals surface area contributed by atoms with Crippen molar-refractivity contribution in [3.05, 3.63) is 23.8 Å². The number of fused-ring (bicyclic) bond motifs is 1. The molecule has 0 bridgehead atoms. The average Bonchev–Trinajstić information content (AvgIpc) is 2.61. The Kier molecular flexibility index (Phi) is 6.58. The number of unbranched alkanes of at least 4 members (excludes halogenated alkanes) is 1. The smallest absolute Gasteiger partial charge is 0.316 e. The number of hydrogen-bond donors (Lipinski definition) is 0. The van der Waals surface area contributed by atoms with Crippen LogP contribution >= 0.6 is 0 Å². The van der Waals surface area contributed by atoms with Crippen LogP contribution in [0.1, 0.15) is 46.1 Å². The van der Waals surface area contributed by atoms with E-state index in [4.69, 9.17) is 18.9 Å². The summed E-state index contributed by atoms with van der Waals surface area (Å²) in [7, 11) is 3.09. The van der Waals surface area contributed by atoms with Crippen molar-refractivity contribution in [2.75, 3.05) is 20.8 Å². The zero-order chi connectivity index (χ0) is 20.2. The quantitative estimate of drug-likeness (QED) is 0.374. The van der Waals surface area contributed by atoms with Gasteiger partial charge < -0.3 is 18.9 Å². The molecule has 0 N–H and O–H groups in total. The van der Waals surface area contributed by atoms with E-state index in [0.717, 1.165) is 29.2 Å². The van der Waals surface area contributed by atoms with Gasteiger partial charge in [-0.05, 0) is 40.2 Å². The van der Waals surface area contributed by atoms with Gasteiger partial charge in [-0.15, -0.1) is 0 Å². The standard InChI is InChI=1S/C22H30O5/c1-8-9-12-26-17-15-11-10-14(2)13-16(15)18(20(25-7)19(17)24-6)27-21(23)22(3,4)5/h10-11,13H,8-9,12H2,1-7H3. The summed E-state index contributed by atoms with van der Waals surface area (Å²) in [5, 5.41) is 1.59. The molecule has 0 spiro atoms. The third-order valence-corrected chi connectivity index (χ3v) is 4.24.